The lowest BCUT2D eigenvalue weighted by Gasteiger charge is -2.33. The van der Waals surface area contributed by atoms with Crippen LogP contribution in [0.5, 0.6) is 5.75 Å². The number of nitrogens with one attached hydrogen (secondary N) is 1. The van der Waals surface area contributed by atoms with Crippen LogP contribution in [0.25, 0.3) is 0 Å². The number of rotatable bonds is 5. The summed E-state index contributed by atoms with van der Waals surface area (Å²) >= 11 is 0. The number of phenols is 1. The molecule has 0 bridgehead atoms. The fourth-order valence-electron chi connectivity index (χ4n) is 2.74. The molecule has 116 valence electrons. The molecule has 0 aliphatic carbocycles. The molecule has 1 fully saturated rings. The molecule has 2 N–H and O–H groups in total. The minimum atomic E-state index is 0.136. The maximum atomic E-state index is 9.77. The van der Waals surface area contributed by atoms with Gasteiger partial charge in [0.05, 0.1) is 18.4 Å². The molecule has 2 aromatic rings. The molecule has 1 aliphatic rings. The fourth-order valence-corrected chi connectivity index (χ4v) is 2.74. The number of anilines is 1. The monoisotopic (exact) mass is 298 g/mol. The Morgan fingerprint density at radius 3 is 2.68 bits per heavy atom. The summed E-state index contributed by atoms with van der Waals surface area (Å²) in [5, 5.41) is 13.0. The average molecular weight is 298 g/mol. The van der Waals surface area contributed by atoms with Gasteiger partial charge in [0.25, 0.3) is 0 Å². The number of hydrogen-bond donors (Lipinski definition) is 2. The third kappa shape index (κ3) is 4.00. The Morgan fingerprint density at radius 1 is 1.09 bits per heavy atom. The molecule has 0 spiro atoms. The molecule has 2 aromatic carbocycles. The molecule has 3 rings (SSSR count). The molecule has 0 radical (unpaired) electrons. The molecule has 22 heavy (non-hydrogen) atoms. The van der Waals surface area contributed by atoms with Crippen LogP contribution in [0.2, 0.25) is 0 Å². The predicted molar refractivity (Wildman–Crippen MR) is 88.1 cm³/mol. The molecule has 1 saturated heterocycles. The van der Waals surface area contributed by atoms with E-state index in [-0.39, 0.29) is 11.9 Å². The normalized spacial score (nSPS) is 19.0. The van der Waals surface area contributed by atoms with E-state index in [1.165, 1.54) is 5.56 Å². The molecule has 4 heteroatoms. The van der Waals surface area contributed by atoms with Crippen molar-refractivity contribution in [2.24, 2.45) is 0 Å². The molecule has 1 unspecified atom stereocenters. The lowest BCUT2D eigenvalue weighted by atomic mass is 10.2. The predicted octanol–water partition coefficient (Wildman–Crippen LogP) is 2.71. The van der Waals surface area contributed by atoms with Gasteiger partial charge in [-0.15, -0.1) is 0 Å². The number of ether oxygens (including phenoxy) is 1. The molecule has 4 nitrogen and oxygen atoms in total. The van der Waals surface area contributed by atoms with Crippen LogP contribution >= 0.6 is 0 Å². The summed E-state index contributed by atoms with van der Waals surface area (Å²) in [7, 11) is 0. The van der Waals surface area contributed by atoms with Gasteiger partial charge < -0.3 is 15.2 Å². The van der Waals surface area contributed by atoms with Crippen molar-refractivity contribution in [1.29, 1.82) is 0 Å². The van der Waals surface area contributed by atoms with Crippen LogP contribution in [-0.4, -0.2) is 42.4 Å². The quantitative estimate of drug-likeness (QED) is 0.833. The highest BCUT2D eigenvalue weighted by Gasteiger charge is 2.20. The standard InChI is InChI=1S/C18H22N2O2/c21-18-9-5-4-8-17(18)19-12-16-14-20(10-11-22-16)13-15-6-2-1-3-7-15/h1-9,16,19,21H,10-14H2. The van der Waals surface area contributed by atoms with Crippen LogP contribution in [-0.2, 0) is 11.3 Å². The van der Waals surface area contributed by atoms with Crippen molar-refractivity contribution >= 4 is 5.69 Å². The highest BCUT2D eigenvalue weighted by atomic mass is 16.5. The summed E-state index contributed by atoms with van der Waals surface area (Å²) in [6.07, 6.45) is 0.136. The van der Waals surface area contributed by atoms with Crippen molar-refractivity contribution in [3.8, 4) is 5.75 Å². The Kier molecular flexibility index (Phi) is 4.93. The zero-order valence-electron chi connectivity index (χ0n) is 12.6. The first kappa shape index (κ1) is 14.9. The third-order valence-corrected chi connectivity index (χ3v) is 3.90. The van der Waals surface area contributed by atoms with Crippen molar-refractivity contribution in [2.75, 3.05) is 31.6 Å². The number of nitrogens with zero attached hydrogens (tertiary/aromatic N) is 1. The Bertz CT molecular complexity index is 589. The van der Waals surface area contributed by atoms with Gasteiger partial charge in [0, 0.05) is 26.2 Å². The van der Waals surface area contributed by atoms with Crippen molar-refractivity contribution in [1.82, 2.24) is 4.90 Å². The van der Waals surface area contributed by atoms with E-state index in [1.54, 1.807) is 6.07 Å². The van der Waals surface area contributed by atoms with Gasteiger partial charge >= 0.3 is 0 Å². The average Bonchev–Trinajstić information content (AvgIpc) is 2.55. The largest absolute Gasteiger partial charge is 0.506 e. The van der Waals surface area contributed by atoms with Gasteiger partial charge in [0.1, 0.15) is 5.75 Å². The highest BCUT2D eigenvalue weighted by molar-refractivity contribution is 5.55. The topological polar surface area (TPSA) is 44.7 Å². The number of phenolic OH excluding ortho intramolecular Hbond substituents is 1. The molecule has 0 aromatic heterocycles. The Balaban J connectivity index is 1.51. The molecule has 0 amide bonds. The molecule has 1 aliphatic heterocycles. The van der Waals surface area contributed by atoms with E-state index in [9.17, 15) is 5.11 Å². The van der Waals surface area contributed by atoms with E-state index in [1.807, 2.05) is 24.3 Å². The van der Waals surface area contributed by atoms with Crippen LogP contribution in [0.4, 0.5) is 5.69 Å². The van der Waals surface area contributed by atoms with Crippen molar-refractivity contribution < 1.29 is 9.84 Å². The first-order valence-corrected chi connectivity index (χ1v) is 7.71. The van der Waals surface area contributed by atoms with Gasteiger partial charge in [-0.1, -0.05) is 42.5 Å². The smallest absolute Gasteiger partial charge is 0.138 e. The lowest BCUT2D eigenvalue weighted by Crippen LogP contribution is -2.44. The Labute approximate surface area is 131 Å². The summed E-state index contributed by atoms with van der Waals surface area (Å²) in [6, 6.07) is 17.8. The third-order valence-electron chi connectivity index (χ3n) is 3.90. The van der Waals surface area contributed by atoms with Gasteiger partial charge in [-0.05, 0) is 17.7 Å². The summed E-state index contributed by atoms with van der Waals surface area (Å²) in [6.45, 7) is 4.26. The molecule has 1 heterocycles. The van der Waals surface area contributed by atoms with E-state index in [2.05, 4.69) is 34.5 Å². The second kappa shape index (κ2) is 7.29. The second-order valence-electron chi connectivity index (χ2n) is 5.61. The number of morpholine rings is 1. The molecular formula is C18H22N2O2. The summed E-state index contributed by atoms with van der Waals surface area (Å²) in [5.74, 6) is 0.277. The second-order valence-corrected chi connectivity index (χ2v) is 5.61. The summed E-state index contributed by atoms with van der Waals surface area (Å²) in [5.41, 5.74) is 2.09. The van der Waals surface area contributed by atoms with Crippen LogP contribution in [0.1, 0.15) is 5.56 Å². The maximum absolute atomic E-state index is 9.77. The van der Waals surface area contributed by atoms with E-state index in [0.717, 1.165) is 31.9 Å². The van der Waals surface area contributed by atoms with Crippen molar-refractivity contribution in [2.45, 2.75) is 12.6 Å². The maximum Gasteiger partial charge on any atom is 0.138 e. The van der Waals surface area contributed by atoms with Gasteiger partial charge in [-0.2, -0.15) is 0 Å². The summed E-state index contributed by atoms with van der Waals surface area (Å²) < 4.78 is 5.82. The fraction of sp³-hybridized carbons (Fsp3) is 0.333. The van der Waals surface area contributed by atoms with Gasteiger partial charge in [-0.3, -0.25) is 4.90 Å². The lowest BCUT2D eigenvalue weighted by molar-refractivity contribution is -0.0240. The SMILES string of the molecule is Oc1ccccc1NCC1CN(Cc2ccccc2)CCO1. The zero-order chi connectivity index (χ0) is 15.2. The van der Waals surface area contributed by atoms with Crippen LogP contribution in [0.15, 0.2) is 54.6 Å². The highest BCUT2D eigenvalue weighted by Crippen LogP contribution is 2.21. The Hall–Kier alpha value is -2.04. The first-order chi connectivity index (χ1) is 10.8. The van der Waals surface area contributed by atoms with E-state index < -0.39 is 0 Å². The van der Waals surface area contributed by atoms with Crippen molar-refractivity contribution in [3.63, 3.8) is 0 Å². The van der Waals surface area contributed by atoms with Crippen LogP contribution in [0.3, 0.4) is 0 Å². The van der Waals surface area contributed by atoms with E-state index in [0.29, 0.717) is 6.54 Å². The molecule has 0 saturated carbocycles. The number of para-hydroxylation sites is 2. The molecular weight excluding hydrogens is 276 g/mol. The Morgan fingerprint density at radius 2 is 1.86 bits per heavy atom. The van der Waals surface area contributed by atoms with Crippen LogP contribution in [0, 0.1) is 0 Å². The van der Waals surface area contributed by atoms with Crippen molar-refractivity contribution in [3.05, 3.63) is 60.2 Å². The van der Waals surface area contributed by atoms with Gasteiger partial charge in [0.15, 0.2) is 0 Å². The van der Waals surface area contributed by atoms with Crippen LogP contribution < -0.4 is 5.32 Å². The molecule has 1 atom stereocenters. The van der Waals surface area contributed by atoms with E-state index >= 15 is 0 Å². The minimum Gasteiger partial charge on any atom is -0.506 e. The van der Waals surface area contributed by atoms with Gasteiger partial charge in [0.2, 0.25) is 0 Å². The number of aromatic hydroxyl groups is 1. The number of benzene rings is 2. The van der Waals surface area contributed by atoms with Gasteiger partial charge in [-0.25, -0.2) is 0 Å². The minimum absolute atomic E-state index is 0.136. The summed E-state index contributed by atoms with van der Waals surface area (Å²) in [4.78, 5) is 2.41. The first-order valence-electron chi connectivity index (χ1n) is 7.71. The number of hydrogen-bond acceptors (Lipinski definition) is 4. The van der Waals surface area contributed by atoms with E-state index in [4.69, 9.17) is 4.74 Å². The zero-order valence-corrected chi connectivity index (χ0v) is 12.6.